The van der Waals surface area contributed by atoms with Gasteiger partial charge in [0.05, 0.1) is 6.04 Å². The predicted molar refractivity (Wildman–Crippen MR) is 66.9 cm³/mol. The molecule has 1 aliphatic heterocycles. The van der Waals surface area contributed by atoms with Gasteiger partial charge in [0.2, 0.25) is 0 Å². The summed E-state index contributed by atoms with van der Waals surface area (Å²) in [5, 5.41) is 4.75. The summed E-state index contributed by atoms with van der Waals surface area (Å²) in [5.41, 5.74) is 5.82. The number of nitrogens with zero attached hydrogens (tertiary/aromatic N) is 3. The van der Waals surface area contributed by atoms with Gasteiger partial charge in [0.25, 0.3) is 0 Å². The van der Waals surface area contributed by atoms with Crippen LogP contribution in [0.4, 0.5) is 0 Å². The molecule has 1 atom stereocenters. The van der Waals surface area contributed by atoms with Crippen molar-refractivity contribution >= 4 is 0 Å². The van der Waals surface area contributed by atoms with Gasteiger partial charge in [-0.3, -0.25) is 0 Å². The molecule has 1 unspecified atom stereocenters. The number of nitrogens with two attached hydrogens (primary N) is 1. The lowest BCUT2D eigenvalue weighted by Crippen LogP contribution is -2.25. The second kappa shape index (κ2) is 4.77. The second-order valence-electron chi connectivity index (χ2n) is 5.45. The Balaban J connectivity index is 1.84. The molecular formula is C13H22N4. The highest BCUT2D eigenvalue weighted by atomic mass is 15.4. The van der Waals surface area contributed by atoms with E-state index in [0.717, 1.165) is 18.7 Å². The first kappa shape index (κ1) is 11.2. The molecule has 2 aliphatic rings. The minimum absolute atomic E-state index is 0.392. The zero-order valence-corrected chi connectivity index (χ0v) is 10.4. The quantitative estimate of drug-likeness (QED) is 0.853. The maximum absolute atomic E-state index is 5.82. The van der Waals surface area contributed by atoms with Crippen molar-refractivity contribution in [2.45, 2.75) is 63.3 Å². The maximum Gasteiger partial charge on any atom is 0.154 e. The molecule has 2 N–H and O–H groups in total. The standard InChI is InChI=1S/C13H22N4/c14-9-11-7-4-8-12-15-13(16-17(11)12)10-5-2-1-3-6-10/h10-11H,1-9,14H2. The Bertz CT molecular complexity index is 379. The van der Waals surface area contributed by atoms with Crippen LogP contribution in [0.25, 0.3) is 0 Å². The van der Waals surface area contributed by atoms with E-state index in [9.17, 15) is 0 Å². The average molecular weight is 234 g/mol. The van der Waals surface area contributed by atoms with Crippen LogP contribution in [0, 0.1) is 0 Å². The monoisotopic (exact) mass is 234 g/mol. The van der Waals surface area contributed by atoms with Crippen molar-refractivity contribution in [3.05, 3.63) is 11.6 Å². The molecule has 1 aliphatic carbocycles. The van der Waals surface area contributed by atoms with Crippen LogP contribution in [0.15, 0.2) is 0 Å². The summed E-state index contributed by atoms with van der Waals surface area (Å²) >= 11 is 0. The van der Waals surface area contributed by atoms with Gasteiger partial charge in [-0.15, -0.1) is 0 Å². The van der Waals surface area contributed by atoms with Crippen molar-refractivity contribution in [2.24, 2.45) is 5.73 Å². The van der Waals surface area contributed by atoms with Crippen molar-refractivity contribution in [3.63, 3.8) is 0 Å². The Morgan fingerprint density at radius 1 is 1.12 bits per heavy atom. The summed E-state index contributed by atoms with van der Waals surface area (Å²) in [6.45, 7) is 0.695. The Hall–Kier alpha value is -0.900. The van der Waals surface area contributed by atoms with Crippen LogP contribution in [0.2, 0.25) is 0 Å². The van der Waals surface area contributed by atoms with Crippen LogP contribution in [-0.4, -0.2) is 21.3 Å². The van der Waals surface area contributed by atoms with Gasteiger partial charge < -0.3 is 5.73 Å². The Morgan fingerprint density at radius 3 is 2.71 bits per heavy atom. The van der Waals surface area contributed by atoms with E-state index in [1.54, 1.807) is 0 Å². The highest BCUT2D eigenvalue weighted by Crippen LogP contribution is 2.32. The number of fused-ring (bicyclic) bond motifs is 1. The van der Waals surface area contributed by atoms with Gasteiger partial charge in [-0.1, -0.05) is 19.3 Å². The molecule has 0 aromatic carbocycles. The Labute approximate surface area is 103 Å². The highest BCUT2D eigenvalue weighted by molar-refractivity contribution is 5.04. The molecule has 17 heavy (non-hydrogen) atoms. The first-order valence-electron chi connectivity index (χ1n) is 7.04. The van der Waals surface area contributed by atoms with E-state index < -0.39 is 0 Å². The number of aromatic nitrogens is 3. The molecule has 4 nitrogen and oxygen atoms in total. The fourth-order valence-corrected chi connectivity index (χ4v) is 3.21. The lowest BCUT2D eigenvalue weighted by atomic mass is 9.89. The number of aryl methyl sites for hydroxylation is 1. The number of hydrogen-bond donors (Lipinski definition) is 1. The van der Waals surface area contributed by atoms with Crippen LogP contribution < -0.4 is 5.73 Å². The summed E-state index contributed by atoms with van der Waals surface area (Å²) in [4.78, 5) is 4.77. The Morgan fingerprint density at radius 2 is 1.94 bits per heavy atom. The molecule has 4 heteroatoms. The van der Waals surface area contributed by atoms with Crippen LogP contribution in [0.5, 0.6) is 0 Å². The summed E-state index contributed by atoms with van der Waals surface area (Å²) in [6, 6.07) is 0.392. The summed E-state index contributed by atoms with van der Waals surface area (Å²) < 4.78 is 2.12. The summed E-state index contributed by atoms with van der Waals surface area (Å²) in [6.07, 6.45) is 10.1. The van der Waals surface area contributed by atoms with Crippen molar-refractivity contribution in [1.82, 2.24) is 14.8 Å². The van der Waals surface area contributed by atoms with E-state index in [2.05, 4.69) is 4.68 Å². The largest absolute Gasteiger partial charge is 0.328 e. The van der Waals surface area contributed by atoms with Gasteiger partial charge in [0.1, 0.15) is 5.82 Å². The number of rotatable bonds is 2. The number of hydrogen-bond acceptors (Lipinski definition) is 3. The fourth-order valence-electron chi connectivity index (χ4n) is 3.21. The molecule has 2 heterocycles. The SMILES string of the molecule is NCC1CCCc2nc(C3CCCCC3)nn21. The smallest absolute Gasteiger partial charge is 0.154 e. The Kier molecular flexibility index (Phi) is 3.14. The molecule has 0 spiro atoms. The lowest BCUT2D eigenvalue weighted by molar-refractivity contribution is 0.364. The zero-order chi connectivity index (χ0) is 11.7. The summed E-state index contributed by atoms with van der Waals surface area (Å²) in [5.74, 6) is 2.88. The normalized spacial score (nSPS) is 25.8. The van der Waals surface area contributed by atoms with Crippen LogP contribution in [-0.2, 0) is 6.42 Å². The van der Waals surface area contributed by atoms with Gasteiger partial charge in [-0.25, -0.2) is 9.67 Å². The first-order chi connectivity index (χ1) is 8.38. The molecule has 0 saturated heterocycles. The highest BCUT2D eigenvalue weighted by Gasteiger charge is 2.26. The average Bonchev–Trinajstić information content (AvgIpc) is 2.83. The molecule has 0 amide bonds. The lowest BCUT2D eigenvalue weighted by Gasteiger charge is -2.21. The van der Waals surface area contributed by atoms with E-state index in [-0.39, 0.29) is 0 Å². The maximum atomic E-state index is 5.82. The van der Waals surface area contributed by atoms with E-state index in [1.807, 2.05) is 0 Å². The van der Waals surface area contributed by atoms with Gasteiger partial charge in [0.15, 0.2) is 5.82 Å². The van der Waals surface area contributed by atoms with Gasteiger partial charge in [-0.05, 0) is 25.7 Å². The minimum atomic E-state index is 0.392. The second-order valence-corrected chi connectivity index (χ2v) is 5.45. The summed E-state index contributed by atoms with van der Waals surface area (Å²) in [7, 11) is 0. The van der Waals surface area contributed by atoms with Crippen molar-refractivity contribution in [1.29, 1.82) is 0 Å². The van der Waals surface area contributed by atoms with Crippen LogP contribution in [0.3, 0.4) is 0 Å². The van der Waals surface area contributed by atoms with Gasteiger partial charge in [0, 0.05) is 18.9 Å². The van der Waals surface area contributed by atoms with Crippen molar-refractivity contribution in [3.8, 4) is 0 Å². The first-order valence-corrected chi connectivity index (χ1v) is 7.04. The van der Waals surface area contributed by atoms with Crippen LogP contribution in [0.1, 0.15) is 68.6 Å². The van der Waals surface area contributed by atoms with Gasteiger partial charge in [-0.2, -0.15) is 5.10 Å². The predicted octanol–water partition coefficient (Wildman–Crippen LogP) is 2.16. The van der Waals surface area contributed by atoms with Crippen molar-refractivity contribution in [2.75, 3.05) is 6.54 Å². The molecule has 1 saturated carbocycles. The van der Waals surface area contributed by atoms with Crippen molar-refractivity contribution < 1.29 is 0 Å². The molecule has 1 aromatic rings. The molecule has 94 valence electrons. The third-order valence-electron chi connectivity index (χ3n) is 4.24. The fraction of sp³-hybridized carbons (Fsp3) is 0.846. The molecular weight excluding hydrogens is 212 g/mol. The molecule has 3 rings (SSSR count). The topological polar surface area (TPSA) is 56.7 Å². The van der Waals surface area contributed by atoms with E-state index in [1.165, 1.54) is 44.3 Å². The molecule has 1 fully saturated rings. The van der Waals surface area contributed by atoms with E-state index >= 15 is 0 Å². The van der Waals surface area contributed by atoms with E-state index in [4.69, 9.17) is 15.8 Å². The van der Waals surface area contributed by atoms with Gasteiger partial charge >= 0.3 is 0 Å². The third-order valence-corrected chi connectivity index (χ3v) is 4.24. The van der Waals surface area contributed by atoms with E-state index in [0.29, 0.717) is 18.5 Å². The minimum Gasteiger partial charge on any atom is -0.328 e. The van der Waals surface area contributed by atoms with Crippen LogP contribution >= 0.6 is 0 Å². The molecule has 0 radical (unpaired) electrons. The zero-order valence-electron chi connectivity index (χ0n) is 10.4. The molecule has 1 aromatic heterocycles. The molecule has 0 bridgehead atoms. The third kappa shape index (κ3) is 2.10.